The fraction of sp³-hybridized carbons (Fsp3) is 0.833. The number of hydrogen-bond acceptors (Lipinski definition) is 5. The molecule has 11 heavy (non-hydrogen) atoms. The Labute approximate surface area is 70.9 Å². The molecule has 0 bridgehead atoms. The van der Waals surface area contributed by atoms with Crippen LogP contribution in [0.25, 0.3) is 0 Å². The van der Waals surface area contributed by atoms with Gasteiger partial charge >= 0.3 is 5.97 Å². The Bertz CT molecular complexity index is 107. The van der Waals surface area contributed by atoms with E-state index in [9.17, 15) is 4.79 Å². The maximum absolute atomic E-state index is 10.6. The first kappa shape index (κ1) is 10.7. The number of aliphatic hydroxyl groups is 1. The second-order valence-electron chi connectivity index (χ2n) is 1.72. The van der Waals surface area contributed by atoms with E-state index in [4.69, 9.17) is 9.84 Å². The molecule has 0 spiro atoms. The zero-order chi connectivity index (χ0) is 8.53. The fourth-order valence-corrected chi connectivity index (χ4v) is 0.512. The molecule has 0 fully saturated rings. The van der Waals surface area contributed by atoms with Crippen molar-refractivity contribution in [1.82, 2.24) is 0 Å². The molecule has 0 atom stereocenters. The van der Waals surface area contributed by atoms with Crippen molar-refractivity contribution in [3.05, 3.63) is 0 Å². The minimum atomic E-state index is -0.424. The Kier molecular flexibility index (Phi) is 7.66. The second-order valence-corrected chi connectivity index (χ2v) is 2.17. The summed E-state index contributed by atoms with van der Waals surface area (Å²) in [5.41, 5.74) is 0. The van der Waals surface area contributed by atoms with Crippen LogP contribution in [0.4, 0.5) is 0 Å². The molecule has 0 rings (SSSR count). The molecule has 0 aromatic carbocycles. The van der Waals surface area contributed by atoms with Crippen molar-refractivity contribution < 1.29 is 19.4 Å². The molecule has 0 saturated carbocycles. The highest BCUT2D eigenvalue weighted by atomic mass is 32.1. The number of aliphatic hydroxyl groups excluding tert-OH is 1. The summed E-state index contributed by atoms with van der Waals surface area (Å²) in [5.74, 6) is 0.0821. The van der Waals surface area contributed by atoms with Gasteiger partial charge in [0, 0.05) is 5.75 Å². The molecule has 0 aliphatic rings. The zero-order valence-corrected chi connectivity index (χ0v) is 7.05. The van der Waals surface area contributed by atoms with Crippen LogP contribution in [0.1, 0.15) is 0 Å². The van der Waals surface area contributed by atoms with Gasteiger partial charge in [-0.15, -0.1) is 0 Å². The van der Waals surface area contributed by atoms with Gasteiger partial charge in [0.1, 0.15) is 13.2 Å². The van der Waals surface area contributed by atoms with Crippen LogP contribution < -0.4 is 0 Å². The van der Waals surface area contributed by atoms with Gasteiger partial charge in [-0.1, -0.05) is 0 Å². The van der Waals surface area contributed by atoms with Crippen LogP contribution in [0.2, 0.25) is 0 Å². The average Bonchev–Trinajstić information content (AvgIpc) is 2.01. The van der Waals surface area contributed by atoms with Crippen LogP contribution >= 0.6 is 12.6 Å². The lowest BCUT2D eigenvalue weighted by Gasteiger charge is -2.02. The molecule has 0 aromatic rings. The van der Waals surface area contributed by atoms with Crippen LogP contribution in [0, 0.1) is 0 Å². The first-order valence-electron chi connectivity index (χ1n) is 3.26. The number of ether oxygens (including phenoxy) is 2. The van der Waals surface area contributed by atoms with Crippen LogP contribution in [0.15, 0.2) is 0 Å². The van der Waals surface area contributed by atoms with Gasteiger partial charge in [-0.25, -0.2) is 4.79 Å². The Morgan fingerprint density at radius 1 is 1.45 bits per heavy atom. The van der Waals surface area contributed by atoms with E-state index in [1.54, 1.807) is 0 Å². The zero-order valence-electron chi connectivity index (χ0n) is 6.15. The van der Waals surface area contributed by atoms with Gasteiger partial charge in [-0.2, -0.15) is 12.6 Å². The summed E-state index contributed by atoms with van der Waals surface area (Å²) in [6.07, 6.45) is 0. The third-order valence-corrected chi connectivity index (χ3v) is 0.992. The van der Waals surface area contributed by atoms with Gasteiger partial charge in [0.15, 0.2) is 0 Å². The predicted octanol–water partition coefficient (Wildman–Crippen LogP) is -0.532. The summed E-state index contributed by atoms with van der Waals surface area (Å²) >= 11 is 3.85. The van der Waals surface area contributed by atoms with Gasteiger partial charge in [-0.3, -0.25) is 0 Å². The highest BCUT2D eigenvalue weighted by Gasteiger charge is 2.00. The molecule has 4 nitrogen and oxygen atoms in total. The highest BCUT2D eigenvalue weighted by molar-refractivity contribution is 7.80. The van der Waals surface area contributed by atoms with Gasteiger partial charge in [0.25, 0.3) is 0 Å². The van der Waals surface area contributed by atoms with Crippen molar-refractivity contribution in [2.75, 3.05) is 32.2 Å². The molecule has 0 saturated heterocycles. The van der Waals surface area contributed by atoms with Crippen LogP contribution in [-0.4, -0.2) is 43.3 Å². The standard InChI is InChI=1S/C6H12O4S/c7-1-2-9-5-6(8)10-3-4-11/h7,11H,1-5H2. The van der Waals surface area contributed by atoms with Gasteiger partial charge in [-0.05, 0) is 0 Å². The lowest BCUT2D eigenvalue weighted by Crippen LogP contribution is -2.15. The SMILES string of the molecule is O=C(COCCO)OCCS. The Balaban J connectivity index is 3.09. The lowest BCUT2D eigenvalue weighted by atomic mass is 10.7. The Hall–Kier alpha value is -0.260. The largest absolute Gasteiger partial charge is 0.463 e. The summed E-state index contributed by atoms with van der Waals surface area (Å²) in [4.78, 5) is 10.6. The van der Waals surface area contributed by atoms with Gasteiger partial charge in [0.2, 0.25) is 0 Å². The maximum Gasteiger partial charge on any atom is 0.332 e. The van der Waals surface area contributed by atoms with Crippen molar-refractivity contribution in [3.8, 4) is 0 Å². The highest BCUT2D eigenvalue weighted by Crippen LogP contribution is 1.82. The number of rotatable bonds is 6. The minimum Gasteiger partial charge on any atom is -0.463 e. The molecule has 0 aromatic heterocycles. The maximum atomic E-state index is 10.6. The van der Waals surface area contributed by atoms with Crippen LogP contribution in [-0.2, 0) is 14.3 Å². The number of hydrogen-bond donors (Lipinski definition) is 2. The summed E-state index contributed by atoms with van der Waals surface area (Å²) in [7, 11) is 0. The quantitative estimate of drug-likeness (QED) is 0.328. The Morgan fingerprint density at radius 2 is 2.18 bits per heavy atom. The fourth-order valence-electron chi connectivity index (χ4n) is 0.421. The van der Waals surface area contributed by atoms with Crippen molar-refractivity contribution in [2.24, 2.45) is 0 Å². The summed E-state index contributed by atoms with van der Waals surface area (Å²) in [6.45, 7) is 0.272. The predicted molar refractivity (Wildman–Crippen MR) is 42.7 cm³/mol. The van der Waals surface area contributed by atoms with Gasteiger partial charge < -0.3 is 14.6 Å². The smallest absolute Gasteiger partial charge is 0.332 e. The van der Waals surface area contributed by atoms with Crippen molar-refractivity contribution in [2.45, 2.75) is 0 Å². The van der Waals surface area contributed by atoms with Crippen LogP contribution in [0.5, 0.6) is 0 Å². The second kappa shape index (κ2) is 7.84. The monoisotopic (exact) mass is 180 g/mol. The number of esters is 1. The molecule has 0 unspecified atom stereocenters. The van der Waals surface area contributed by atoms with E-state index in [2.05, 4.69) is 17.4 Å². The average molecular weight is 180 g/mol. The summed E-state index contributed by atoms with van der Waals surface area (Å²) in [6, 6.07) is 0. The molecule has 0 heterocycles. The molecule has 66 valence electrons. The number of carbonyl (C=O) groups is 1. The number of thiol groups is 1. The van der Waals surface area contributed by atoms with E-state index < -0.39 is 5.97 Å². The lowest BCUT2D eigenvalue weighted by molar-refractivity contribution is -0.148. The summed E-state index contributed by atoms with van der Waals surface area (Å²) in [5, 5.41) is 8.27. The molecule has 0 radical (unpaired) electrons. The number of carbonyl (C=O) groups excluding carboxylic acids is 1. The minimum absolute atomic E-state index is 0.0835. The normalized spacial score (nSPS) is 9.64. The first-order chi connectivity index (χ1) is 5.31. The van der Waals surface area contributed by atoms with Crippen LogP contribution in [0.3, 0.4) is 0 Å². The van der Waals surface area contributed by atoms with Crippen molar-refractivity contribution >= 4 is 18.6 Å². The first-order valence-corrected chi connectivity index (χ1v) is 3.89. The molecule has 5 heteroatoms. The Morgan fingerprint density at radius 3 is 2.73 bits per heavy atom. The van der Waals surface area contributed by atoms with Gasteiger partial charge in [0.05, 0.1) is 13.2 Å². The molecular weight excluding hydrogens is 168 g/mol. The topological polar surface area (TPSA) is 55.8 Å². The van der Waals surface area contributed by atoms with E-state index in [0.717, 1.165) is 0 Å². The van der Waals surface area contributed by atoms with E-state index in [-0.39, 0.29) is 19.8 Å². The summed E-state index contributed by atoms with van der Waals surface area (Å²) < 4.78 is 9.31. The molecule has 0 aliphatic heterocycles. The molecule has 1 N–H and O–H groups in total. The van der Waals surface area contributed by atoms with E-state index in [1.165, 1.54) is 0 Å². The molecule has 0 amide bonds. The van der Waals surface area contributed by atoms with E-state index in [0.29, 0.717) is 12.4 Å². The molecule has 0 aliphatic carbocycles. The van der Waals surface area contributed by atoms with Crippen molar-refractivity contribution in [3.63, 3.8) is 0 Å². The van der Waals surface area contributed by atoms with E-state index >= 15 is 0 Å². The molecular formula is C6H12O4S. The van der Waals surface area contributed by atoms with Crippen molar-refractivity contribution in [1.29, 1.82) is 0 Å². The third-order valence-electron chi connectivity index (χ3n) is 0.810. The third kappa shape index (κ3) is 7.64. The van der Waals surface area contributed by atoms with E-state index in [1.807, 2.05) is 0 Å².